The van der Waals surface area contributed by atoms with Gasteiger partial charge in [0.2, 0.25) is 5.28 Å². The number of aromatic nitrogens is 2. The van der Waals surface area contributed by atoms with Crippen molar-refractivity contribution in [3.63, 3.8) is 0 Å². The third kappa shape index (κ3) is 3.09. The molecule has 0 amide bonds. The van der Waals surface area contributed by atoms with Crippen LogP contribution >= 0.6 is 34.5 Å². The summed E-state index contributed by atoms with van der Waals surface area (Å²) in [6.07, 6.45) is 1.49. The van der Waals surface area contributed by atoms with Crippen LogP contribution in [0.1, 0.15) is 22.7 Å². The molecule has 0 aliphatic rings. The highest BCUT2D eigenvalue weighted by Gasteiger charge is 2.11. The molecule has 0 saturated carbocycles. The number of halogens is 2. The van der Waals surface area contributed by atoms with Gasteiger partial charge in [-0.2, -0.15) is 4.98 Å². The van der Waals surface area contributed by atoms with Crippen molar-refractivity contribution in [1.29, 1.82) is 0 Å². The topological polar surface area (TPSA) is 37.8 Å². The number of anilines is 1. The van der Waals surface area contributed by atoms with E-state index < -0.39 is 0 Å². The van der Waals surface area contributed by atoms with E-state index in [2.05, 4.69) is 41.3 Å². The summed E-state index contributed by atoms with van der Waals surface area (Å²) in [5.74, 6) is 0.560. The number of hydrogen-bond donors (Lipinski definition) is 1. The number of nitrogens with zero attached hydrogens (tertiary/aromatic N) is 2. The molecule has 3 nitrogen and oxygen atoms in total. The van der Waals surface area contributed by atoms with Gasteiger partial charge in [0.15, 0.2) is 0 Å². The molecule has 0 aromatic carbocycles. The molecule has 2 aromatic rings. The van der Waals surface area contributed by atoms with Gasteiger partial charge in [-0.25, -0.2) is 4.98 Å². The average Bonchev–Trinajstić information content (AvgIpc) is 2.70. The summed E-state index contributed by atoms with van der Waals surface area (Å²) >= 11 is 13.5. The molecule has 90 valence electrons. The first-order valence-corrected chi connectivity index (χ1v) is 6.64. The van der Waals surface area contributed by atoms with E-state index in [1.54, 1.807) is 11.3 Å². The van der Waals surface area contributed by atoms with Crippen LogP contribution in [0.5, 0.6) is 0 Å². The summed E-state index contributed by atoms with van der Waals surface area (Å²) in [5.41, 5.74) is 0. The highest BCUT2D eigenvalue weighted by molar-refractivity contribution is 7.12. The Labute approximate surface area is 114 Å². The predicted molar refractivity (Wildman–Crippen MR) is 73.1 cm³/mol. The van der Waals surface area contributed by atoms with E-state index in [9.17, 15) is 0 Å². The Kier molecular flexibility index (Phi) is 3.86. The predicted octanol–water partition coefficient (Wildman–Crippen LogP) is 4.33. The summed E-state index contributed by atoms with van der Waals surface area (Å²) in [6.45, 7) is 4.13. The smallest absolute Gasteiger partial charge is 0.224 e. The maximum absolute atomic E-state index is 5.99. The van der Waals surface area contributed by atoms with Crippen LogP contribution in [0, 0.1) is 6.92 Å². The maximum atomic E-state index is 5.99. The Morgan fingerprint density at radius 2 is 2.12 bits per heavy atom. The van der Waals surface area contributed by atoms with Crippen LogP contribution in [0.15, 0.2) is 18.3 Å². The fourth-order valence-corrected chi connectivity index (χ4v) is 2.57. The van der Waals surface area contributed by atoms with Gasteiger partial charge in [-0.15, -0.1) is 11.3 Å². The van der Waals surface area contributed by atoms with Crippen LogP contribution in [0.4, 0.5) is 5.82 Å². The van der Waals surface area contributed by atoms with E-state index in [0.29, 0.717) is 10.8 Å². The first-order chi connectivity index (χ1) is 8.06. The summed E-state index contributed by atoms with van der Waals surface area (Å²) < 4.78 is 0. The van der Waals surface area contributed by atoms with Crippen LogP contribution in [0.3, 0.4) is 0 Å². The molecular weight excluding hydrogens is 277 g/mol. The second-order valence-corrected chi connectivity index (χ2v) is 5.71. The standard InChI is InChI=1S/C11H11Cl2N3S/c1-6-3-4-9(17-6)7(2)15-10-8(12)5-14-11(13)16-10/h3-5,7H,1-2H3,(H,14,15,16). The lowest BCUT2D eigenvalue weighted by atomic mass is 10.2. The molecule has 1 atom stereocenters. The molecule has 0 fully saturated rings. The summed E-state index contributed by atoms with van der Waals surface area (Å²) in [5, 5.41) is 3.88. The van der Waals surface area contributed by atoms with E-state index in [-0.39, 0.29) is 11.3 Å². The molecule has 0 aliphatic carbocycles. The molecule has 1 N–H and O–H groups in total. The van der Waals surface area contributed by atoms with Gasteiger partial charge in [0, 0.05) is 9.75 Å². The molecule has 1 unspecified atom stereocenters. The fourth-order valence-electron chi connectivity index (χ4n) is 1.41. The largest absolute Gasteiger partial charge is 0.361 e. The van der Waals surface area contributed by atoms with Crippen LogP contribution < -0.4 is 5.32 Å². The van der Waals surface area contributed by atoms with E-state index in [0.717, 1.165) is 0 Å². The maximum Gasteiger partial charge on any atom is 0.224 e. The van der Waals surface area contributed by atoms with Gasteiger partial charge >= 0.3 is 0 Å². The normalized spacial score (nSPS) is 12.5. The highest BCUT2D eigenvalue weighted by atomic mass is 35.5. The van der Waals surface area contributed by atoms with Crippen LogP contribution in [-0.4, -0.2) is 9.97 Å². The Hall–Kier alpha value is -0.840. The lowest BCUT2D eigenvalue weighted by Crippen LogP contribution is -2.07. The average molecular weight is 288 g/mol. The molecule has 0 spiro atoms. The molecule has 0 saturated heterocycles. The SMILES string of the molecule is Cc1ccc(C(C)Nc2nc(Cl)ncc2Cl)s1. The summed E-state index contributed by atoms with van der Waals surface area (Å²) in [6, 6.07) is 4.32. The van der Waals surface area contributed by atoms with Crippen LogP contribution in [-0.2, 0) is 0 Å². The van der Waals surface area contributed by atoms with Gasteiger partial charge in [-0.3, -0.25) is 0 Å². The molecular formula is C11H11Cl2N3S. The first-order valence-electron chi connectivity index (χ1n) is 5.07. The fraction of sp³-hybridized carbons (Fsp3) is 0.273. The second kappa shape index (κ2) is 5.21. The molecule has 2 heterocycles. The first kappa shape index (κ1) is 12.6. The molecule has 2 rings (SSSR count). The zero-order valence-electron chi connectivity index (χ0n) is 9.37. The number of aryl methyl sites for hydroxylation is 1. The molecule has 0 bridgehead atoms. The van der Waals surface area contributed by atoms with Crippen molar-refractivity contribution in [2.45, 2.75) is 19.9 Å². The Morgan fingerprint density at radius 1 is 1.35 bits per heavy atom. The van der Waals surface area contributed by atoms with Crippen molar-refractivity contribution in [2.24, 2.45) is 0 Å². The van der Waals surface area contributed by atoms with Crippen molar-refractivity contribution < 1.29 is 0 Å². The highest BCUT2D eigenvalue weighted by Crippen LogP contribution is 2.28. The van der Waals surface area contributed by atoms with Crippen LogP contribution in [0.2, 0.25) is 10.3 Å². The third-order valence-corrected chi connectivity index (χ3v) is 3.90. The number of hydrogen-bond acceptors (Lipinski definition) is 4. The molecule has 17 heavy (non-hydrogen) atoms. The van der Waals surface area contributed by atoms with Crippen LogP contribution in [0.25, 0.3) is 0 Å². The van der Waals surface area contributed by atoms with Crippen molar-refractivity contribution in [3.8, 4) is 0 Å². The minimum Gasteiger partial charge on any atom is -0.361 e. The third-order valence-electron chi connectivity index (χ3n) is 2.26. The van der Waals surface area contributed by atoms with Gasteiger partial charge in [0.25, 0.3) is 0 Å². The number of nitrogens with one attached hydrogen (secondary N) is 1. The minimum atomic E-state index is 0.136. The van der Waals surface area contributed by atoms with Crippen molar-refractivity contribution in [2.75, 3.05) is 5.32 Å². The summed E-state index contributed by atoms with van der Waals surface area (Å²) in [4.78, 5) is 10.4. The van der Waals surface area contributed by atoms with Gasteiger partial charge in [-0.1, -0.05) is 11.6 Å². The molecule has 2 aromatic heterocycles. The van der Waals surface area contributed by atoms with E-state index in [4.69, 9.17) is 23.2 Å². The minimum absolute atomic E-state index is 0.136. The van der Waals surface area contributed by atoms with Crippen molar-refractivity contribution >= 4 is 40.4 Å². The van der Waals surface area contributed by atoms with E-state index >= 15 is 0 Å². The Balaban J connectivity index is 2.18. The second-order valence-electron chi connectivity index (χ2n) is 3.65. The lowest BCUT2D eigenvalue weighted by Gasteiger charge is -2.13. The molecule has 0 radical (unpaired) electrons. The number of rotatable bonds is 3. The van der Waals surface area contributed by atoms with Gasteiger partial charge < -0.3 is 5.32 Å². The van der Waals surface area contributed by atoms with E-state index in [1.807, 2.05) is 0 Å². The van der Waals surface area contributed by atoms with Crippen molar-refractivity contribution in [3.05, 3.63) is 38.4 Å². The zero-order valence-corrected chi connectivity index (χ0v) is 11.7. The molecule has 0 aliphatic heterocycles. The summed E-state index contributed by atoms with van der Waals surface area (Å²) in [7, 11) is 0. The lowest BCUT2D eigenvalue weighted by molar-refractivity contribution is 0.893. The number of thiophene rings is 1. The molecule has 6 heteroatoms. The van der Waals surface area contributed by atoms with Gasteiger partial charge in [-0.05, 0) is 37.6 Å². The Bertz CT molecular complexity index is 527. The zero-order chi connectivity index (χ0) is 12.4. The Morgan fingerprint density at radius 3 is 2.76 bits per heavy atom. The van der Waals surface area contributed by atoms with E-state index in [1.165, 1.54) is 16.0 Å². The van der Waals surface area contributed by atoms with Gasteiger partial charge in [0.1, 0.15) is 10.8 Å². The quantitative estimate of drug-likeness (QED) is 0.854. The van der Waals surface area contributed by atoms with Gasteiger partial charge in [0.05, 0.1) is 12.2 Å². The van der Waals surface area contributed by atoms with Crippen molar-refractivity contribution in [1.82, 2.24) is 9.97 Å². The monoisotopic (exact) mass is 287 g/mol.